The van der Waals surface area contributed by atoms with E-state index in [0.29, 0.717) is 23.4 Å². The van der Waals surface area contributed by atoms with Gasteiger partial charge in [-0.15, -0.1) is 0 Å². The van der Waals surface area contributed by atoms with E-state index in [0.717, 1.165) is 11.1 Å². The number of carbonyl (C=O) groups is 4. The summed E-state index contributed by atoms with van der Waals surface area (Å²) in [6.07, 6.45) is -0.645. The van der Waals surface area contributed by atoms with Crippen LogP contribution in [-0.2, 0) is 28.5 Å². The number of esters is 2. The second-order valence-electron chi connectivity index (χ2n) is 10.6. The van der Waals surface area contributed by atoms with Crippen LogP contribution in [-0.4, -0.2) is 69.2 Å². The van der Waals surface area contributed by atoms with Crippen molar-refractivity contribution in [3.63, 3.8) is 0 Å². The van der Waals surface area contributed by atoms with E-state index in [9.17, 15) is 19.2 Å². The Morgan fingerprint density at radius 1 is 0.681 bits per heavy atom. The van der Waals surface area contributed by atoms with Crippen LogP contribution in [0.2, 0.25) is 0 Å². The summed E-state index contributed by atoms with van der Waals surface area (Å²) >= 11 is 0. The lowest BCUT2D eigenvalue weighted by molar-refractivity contribution is -0.173. The summed E-state index contributed by atoms with van der Waals surface area (Å²) in [4.78, 5) is 59.0. The molecule has 0 saturated carbocycles. The van der Waals surface area contributed by atoms with Crippen LogP contribution >= 0.6 is 0 Å². The van der Waals surface area contributed by atoms with Crippen LogP contribution in [0.15, 0.2) is 89.9 Å². The molecule has 0 fully saturated rings. The molecule has 1 atom stereocenters. The highest BCUT2D eigenvalue weighted by Crippen LogP contribution is 2.36. The average Bonchev–Trinajstić information content (AvgIpc) is 3.10. The SMILES string of the molecule is CCCOC(=O)OCCCC(CC(N=C(c1ccccc1)c1ccccc1)C(=O)c1ccc(OC)cc1)(C(=O)OCC)C(=O)OCC. The van der Waals surface area contributed by atoms with Gasteiger partial charge in [-0.05, 0) is 57.4 Å². The van der Waals surface area contributed by atoms with Gasteiger partial charge in [-0.3, -0.25) is 19.4 Å². The van der Waals surface area contributed by atoms with Gasteiger partial charge in [0.05, 0.1) is 39.2 Å². The van der Waals surface area contributed by atoms with Gasteiger partial charge in [0.25, 0.3) is 0 Å². The molecule has 47 heavy (non-hydrogen) atoms. The molecule has 1 unspecified atom stereocenters. The maximum absolute atomic E-state index is 14.4. The van der Waals surface area contributed by atoms with Crippen molar-refractivity contribution in [2.75, 3.05) is 33.5 Å². The summed E-state index contributed by atoms with van der Waals surface area (Å²) in [7, 11) is 1.52. The van der Waals surface area contributed by atoms with Gasteiger partial charge in [0, 0.05) is 23.1 Å². The lowest BCUT2D eigenvalue weighted by atomic mass is 9.76. The molecule has 0 aliphatic rings. The van der Waals surface area contributed by atoms with E-state index in [1.54, 1.807) is 38.1 Å². The third-order valence-corrected chi connectivity index (χ3v) is 7.32. The number of carbonyl (C=O) groups excluding carboxylic acids is 4. The number of ketones is 1. The fraction of sp³-hybridized carbons (Fsp3) is 0.378. The zero-order valence-corrected chi connectivity index (χ0v) is 27.4. The highest BCUT2D eigenvalue weighted by molar-refractivity contribution is 6.14. The largest absolute Gasteiger partial charge is 0.508 e. The Labute approximate surface area is 276 Å². The van der Waals surface area contributed by atoms with Crippen molar-refractivity contribution >= 4 is 29.6 Å². The van der Waals surface area contributed by atoms with Crippen LogP contribution in [0, 0.1) is 5.41 Å². The maximum atomic E-state index is 14.4. The van der Waals surface area contributed by atoms with Crippen LogP contribution in [0.4, 0.5) is 4.79 Å². The quantitative estimate of drug-likeness (QED) is 0.0374. The zero-order chi connectivity index (χ0) is 34.1. The van der Waals surface area contributed by atoms with Gasteiger partial charge in [0.2, 0.25) is 0 Å². The smallest absolute Gasteiger partial charge is 0.497 e. The Kier molecular flexibility index (Phi) is 14.6. The Bertz CT molecular complexity index is 1410. The molecule has 0 spiro atoms. The third kappa shape index (κ3) is 10.3. The van der Waals surface area contributed by atoms with Crippen molar-refractivity contribution in [1.82, 2.24) is 0 Å². The van der Waals surface area contributed by atoms with Crippen LogP contribution in [0.5, 0.6) is 5.75 Å². The molecule has 0 heterocycles. The molecule has 0 aliphatic carbocycles. The minimum absolute atomic E-state index is 0.0144. The van der Waals surface area contributed by atoms with E-state index in [-0.39, 0.29) is 45.7 Å². The van der Waals surface area contributed by atoms with Crippen molar-refractivity contribution in [3.05, 3.63) is 102 Å². The molecule has 0 aromatic heterocycles. The van der Waals surface area contributed by atoms with Gasteiger partial charge in [-0.1, -0.05) is 67.6 Å². The van der Waals surface area contributed by atoms with Crippen LogP contribution in [0.25, 0.3) is 0 Å². The summed E-state index contributed by atoms with van der Waals surface area (Å²) in [6, 6.07) is 24.0. The van der Waals surface area contributed by atoms with Crippen molar-refractivity contribution in [2.24, 2.45) is 10.4 Å². The van der Waals surface area contributed by atoms with E-state index in [2.05, 4.69) is 0 Å². The average molecular weight is 646 g/mol. The van der Waals surface area contributed by atoms with Gasteiger partial charge < -0.3 is 23.7 Å². The molecule has 0 amide bonds. The van der Waals surface area contributed by atoms with Gasteiger partial charge >= 0.3 is 18.1 Å². The third-order valence-electron chi connectivity index (χ3n) is 7.32. The first-order valence-corrected chi connectivity index (χ1v) is 15.8. The van der Waals surface area contributed by atoms with Crippen LogP contribution in [0.3, 0.4) is 0 Å². The van der Waals surface area contributed by atoms with E-state index in [1.165, 1.54) is 7.11 Å². The van der Waals surface area contributed by atoms with E-state index in [4.69, 9.17) is 28.7 Å². The molecule has 0 N–H and O–H groups in total. The first-order valence-electron chi connectivity index (χ1n) is 15.8. The Hall–Kier alpha value is -4.99. The summed E-state index contributed by atoms with van der Waals surface area (Å²) in [5.41, 5.74) is 0.341. The molecule has 3 rings (SSSR count). The number of nitrogens with zero attached hydrogens (tertiary/aromatic N) is 1. The molecule has 10 nitrogen and oxygen atoms in total. The predicted molar refractivity (Wildman–Crippen MR) is 177 cm³/mol. The van der Waals surface area contributed by atoms with Crippen LogP contribution < -0.4 is 4.74 Å². The summed E-state index contributed by atoms with van der Waals surface area (Å²) in [5, 5.41) is 0. The Morgan fingerprint density at radius 3 is 1.70 bits per heavy atom. The second kappa shape index (κ2) is 18.9. The van der Waals surface area contributed by atoms with Crippen molar-refractivity contribution in [2.45, 2.75) is 52.5 Å². The molecular weight excluding hydrogens is 602 g/mol. The second-order valence-corrected chi connectivity index (χ2v) is 10.6. The van der Waals surface area contributed by atoms with Gasteiger partial charge in [-0.2, -0.15) is 0 Å². The zero-order valence-electron chi connectivity index (χ0n) is 27.4. The lowest BCUT2D eigenvalue weighted by Crippen LogP contribution is -2.46. The lowest BCUT2D eigenvalue weighted by Gasteiger charge is -2.31. The number of rotatable bonds is 18. The number of Topliss-reactive ketones (excluding diaryl/α,β-unsaturated/α-hetero) is 1. The summed E-state index contributed by atoms with van der Waals surface area (Å²) in [5.74, 6) is -1.57. The van der Waals surface area contributed by atoms with Gasteiger partial charge in [-0.25, -0.2) is 4.79 Å². The van der Waals surface area contributed by atoms with Gasteiger partial charge in [0.15, 0.2) is 11.2 Å². The predicted octanol–water partition coefficient (Wildman–Crippen LogP) is 6.63. The van der Waals surface area contributed by atoms with Crippen molar-refractivity contribution < 1.29 is 42.9 Å². The van der Waals surface area contributed by atoms with Crippen molar-refractivity contribution in [3.8, 4) is 5.75 Å². The molecular formula is C37H43NO9. The molecule has 0 saturated heterocycles. The number of hydrogen-bond acceptors (Lipinski definition) is 10. The van der Waals surface area contributed by atoms with E-state index in [1.807, 2.05) is 67.6 Å². The summed E-state index contributed by atoms with van der Waals surface area (Å²) < 4.78 is 26.3. The number of ether oxygens (including phenoxy) is 5. The fourth-order valence-electron chi connectivity index (χ4n) is 4.99. The monoisotopic (exact) mass is 645 g/mol. The normalized spacial score (nSPS) is 11.5. The molecule has 0 bridgehead atoms. The Balaban J connectivity index is 2.17. The highest BCUT2D eigenvalue weighted by atomic mass is 16.7. The number of hydrogen-bond donors (Lipinski definition) is 0. The summed E-state index contributed by atoms with van der Waals surface area (Å²) in [6.45, 7) is 5.14. The minimum atomic E-state index is -1.95. The number of aliphatic imine (C=N–C) groups is 1. The van der Waals surface area contributed by atoms with Crippen molar-refractivity contribution in [1.29, 1.82) is 0 Å². The first-order chi connectivity index (χ1) is 22.8. The molecule has 10 heteroatoms. The molecule has 0 aliphatic heterocycles. The topological polar surface area (TPSA) is 127 Å². The van der Waals surface area contributed by atoms with E-state index >= 15 is 0 Å². The molecule has 0 radical (unpaired) electrons. The van der Waals surface area contributed by atoms with Gasteiger partial charge in [0.1, 0.15) is 11.8 Å². The van der Waals surface area contributed by atoms with E-state index < -0.39 is 35.3 Å². The molecule has 3 aromatic rings. The first kappa shape index (κ1) is 36.5. The number of methoxy groups -OCH3 is 1. The molecule has 3 aromatic carbocycles. The number of benzene rings is 3. The minimum Gasteiger partial charge on any atom is -0.497 e. The highest BCUT2D eigenvalue weighted by Gasteiger charge is 2.51. The fourth-order valence-corrected chi connectivity index (χ4v) is 4.99. The Morgan fingerprint density at radius 2 is 1.21 bits per heavy atom. The standard InChI is InChI=1S/C37H43NO9/c1-5-24-46-36(42)47-25-14-23-37(34(40)44-6-2,35(41)45-7-3)26-31(33(39)29-19-21-30(43-4)22-20-29)38-32(27-15-10-8-11-16-27)28-17-12-9-13-18-28/h8-13,15-22,31H,5-7,14,23-26H2,1-4H3. The molecule has 250 valence electrons. The van der Waals surface area contributed by atoms with Crippen LogP contribution in [0.1, 0.15) is 67.9 Å². The maximum Gasteiger partial charge on any atom is 0.508 e.